The van der Waals surface area contributed by atoms with Gasteiger partial charge in [0.15, 0.2) is 0 Å². The maximum Gasteiger partial charge on any atom is 3.00 e. The molecule has 222 valence electrons. The van der Waals surface area contributed by atoms with Gasteiger partial charge in [-0.25, -0.2) is 0 Å². The fourth-order valence-electron chi connectivity index (χ4n) is 5.26. The Balaban J connectivity index is 0.000000204. The third-order valence-electron chi connectivity index (χ3n) is 7.25. The van der Waals surface area contributed by atoms with Crippen LogP contribution in [0.1, 0.15) is 63.9 Å². The predicted molar refractivity (Wildman–Crippen MR) is 169 cm³/mol. The quantitative estimate of drug-likeness (QED) is 0.206. The molecule has 2 N–H and O–H groups in total. The average Bonchev–Trinajstić information content (AvgIpc) is 3.44. The van der Waals surface area contributed by atoms with Crippen LogP contribution in [0.3, 0.4) is 0 Å². The zero-order valence-electron chi connectivity index (χ0n) is 24.8. The Labute approximate surface area is 265 Å². The van der Waals surface area contributed by atoms with Crippen molar-refractivity contribution in [2.24, 2.45) is 0 Å². The first-order valence-electron chi connectivity index (χ1n) is 14.6. The summed E-state index contributed by atoms with van der Waals surface area (Å²) in [5.74, 6) is 0.728. The van der Waals surface area contributed by atoms with Crippen molar-refractivity contribution in [3.63, 3.8) is 0 Å². The van der Waals surface area contributed by atoms with Gasteiger partial charge in [0.05, 0.1) is 12.2 Å². The average molecular weight is 741 g/mol. The van der Waals surface area contributed by atoms with E-state index in [-0.39, 0.29) is 32.3 Å². The van der Waals surface area contributed by atoms with E-state index in [1.807, 2.05) is 78.5 Å². The molecular formula is C36H42IrN3O2. The maximum atomic E-state index is 8.56. The minimum Gasteiger partial charge on any atom is -0.510 e. The molecule has 2 atom stereocenters. The molecule has 3 aromatic carbocycles. The van der Waals surface area contributed by atoms with Gasteiger partial charge in [-0.05, 0) is 86.6 Å². The number of benzene rings is 3. The molecule has 2 unspecified atom stereocenters. The summed E-state index contributed by atoms with van der Waals surface area (Å²) in [5.41, 5.74) is 4.68. The van der Waals surface area contributed by atoms with Gasteiger partial charge in [-0.15, -0.1) is 41.6 Å². The number of nitrogens with zero attached hydrogens (tertiary/aromatic N) is 3. The molecule has 1 saturated carbocycles. The van der Waals surface area contributed by atoms with Crippen molar-refractivity contribution in [3.8, 4) is 11.3 Å². The van der Waals surface area contributed by atoms with Crippen LogP contribution in [-0.4, -0.2) is 39.4 Å². The van der Waals surface area contributed by atoms with Crippen LogP contribution < -0.4 is 4.90 Å². The second-order valence-electron chi connectivity index (χ2n) is 10.9. The Morgan fingerprint density at radius 2 is 1.62 bits per heavy atom. The van der Waals surface area contributed by atoms with Gasteiger partial charge >= 0.3 is 20.1 Å². The summed E-state index contributed by atoms with van der Waals surface area (Å²) < 4.78 is 0. The van der Waals surface area contributed by atoms with E-state index in [1.165, 1.54) is 48.4 Å². The van der Waals surface area contributed by atoms with Crippen molar-refractivity contribution in [1.29, 1.82) is 0 Å². The summed E-state index contributed by atoms with van der Waals surface area (Å²) in [7, 11) is 2.00. The Hall–Kier alpha value is -3.02. The first-order chi connectivity index (χ1) is 19.9. The van der Waals surface area contributed by atoms with Crippen molar-refractivity contribution in [1.82, 2.24) is 9.88 Å². The standard InChI is InChI=1S/C21H20N.C10H10N2.C5H12O2.Ir/c1-3-7-16(8-4-1)19-12-11-17-13-14-22-21(20(17)15-19)18-9-5-2-6-10-18;1-11-7-8-12(9-11)10-5-3-2-4-6-10;1-4(6)3-5(2)7;/h2,5-6,9,11-16H,1,3-4,7-8H2;2-5,7-9H,1H3;4-7H,3H2,1-2H3;/q-1;-2;;+3. The van der Waals surface area contributed by atoms with E-state index in [0.29, 0.717) is 6.42 Å². The number of pyridine rings is 1. The van der Waals surface area contributed by atoms with Crippen molar-refractivity contribution in [3.05, 3.63) is 116 Å². The van der Waals surface area contributed by atoms with Gasteiger partial charge in [0.2, 0.25) is 0 Å². The van der Waals surface area contributed by atoms with Gasteiger partial charge < -0.3 is 25.0 Å². The minimum absolute atomic E-state index is 0. The van der Waals surface area contributed by atoms with Crippen LogP contribution >= 0.6 is 0 Å². The third-order valence-corrected chi connectivity index (χ3v) is 7.25. The third kappa shape index (κ3) is 10.1. The van der Waals surface area contributed by atoms with E-state index in [0.717, 1.165) is 22.9 Å². The fraction of sp³-hybridized carbons (Fsp3) is 0.333. The van der Waals surface area contributed by atoms with Gasteiger partial charge in [-0.2, -0.15) is 37.0 Å². The Bertz CT molecular complexity index is 1350. The fourth-order valence-corrected chi connectivity index (χ4v) is 5.26. The molecular weight excluding hydrogens is 699 g/mol. The molecule has 0 saturated heterocycles. The van der Waals surface area contributed by atoms with Gasteiger partial charge in [-0.1, -0.05) is 37.5 Å². The number of anilines is 1. The van der Waals surface area contributed by atoms with Crippen molar-refractivity contribution in [2.75, 3.05) is 11.9 Å². The van der Waals surface area contributed by atoms with Gasteiger partial charge in [-0.3, -0.25) is 0 Å². The number of aliphatic hydroxyl groups excluding tert-OH is 2. The Kier molecular flexibility index (Phi) is 13.7. The normalized spacial score (nSPS) is 16.0. The van der Waals surface area contributed by atoms with Crippen LogP contribution in [0.25, 0.3) is 22.0 Å². The van der Waals surface area contributed by atoms with Gasteiger partial charge in [0.1, 0.15) is 0 Å². The van der Waals surface area contributed by atoms with Crippen LogP contribution in [-0.2, 0) is 20.1 Å². The Morgan fingerprint density at radius 3 is 2.19 bits per heavy atom. The summed E-state index contributed by atoms with van der Waals surface area (Å²) in [6, 6.07) is 31.5. The van der Waals surface area contributed by atoms with E-state index in [9.17, 15) is 0 Å². The number of rotatable bonds is 5. The topological polar surface area (TPSA) is 59.8 Å². The van der Waals surface area contributed by atoms with E-state index in [2.05, 4.69) is 53.5 Å². The molecule has 42 heavy (non-hydrogen) atoms. The molecule has 2 heterocycles. The van der Waals surface area contributed by atoms with Crippen LogP contribution in [0.4, 0.5) is 5.69 Å². The monoisotopic (exact) mass is 741 g/mol. The number of aliphatic hydroxyl groups is 2. The first-order valence-corrected chi connectivity index (χ1v) is 14.6. The Morgan fingerprint density at radius 1 is 0.905 bits per heavy atom. The smallest absolute Gasteiger partial charge is 0.510 e. The van der Waals surface area contributed by atoms with Crippen LogP contribution in [0.5, 0.6) is 0 Å². The SMILES string of the molecule is CC(O)CC(C)O.CN1C=CN(c2[c-]cccc2)[CH-]1.[Ir+3].[c-]1ccccc1-c1nccc2ccc(C3CCCCC3)cc12. The van der Waals surface area contributed by atoms with Crippen LogP contribution in [0, 0.1) is 18.8 Å². The first kappa shape index (κ1) is 33.5. The largest absolute Gasteiger partial charge is 3.00 e. The number of fused-ring (bicyclic) bond motifs is 1. The summed E-state index contributed by atoms with van der Waals surface area (Å²) in [4.78, 5) is 8.66. The van der Waals surface area contributed by atoms with E-state index >= 15 is 0 Å². The van der Waals surface area contributed by atoms with Crippen molar-refractivity contribution >= 4 is 16.5 Å². The molecule has 2 aliphatic rings. The molecule has 0 bridgehead atoms. The zero-order chi connectivity index (χ0) is 29.0. The van der Waals surface area contributed by atoms with Crippen LogP contribution in [0.2, 0.25) is 0 Å². The molecule has 0 radical (unpaired) electrons. The second-order valence-corrected chi connectivity index (χ2v) is 10.9. The molecule has 6 rings (SSSR count). The molecule has 1 fully saturated rings. The molecule has 1 aromatic heterocycles. The van der Waals surface area contributed by atoms with Crippen molar-refractivity contribution < 1.29 is 30.3 Å². The van der Waals surface area contributed by atoms with Crippen molar-refractivity contribution in [2.45, 2.75) is 70.5 Å². The molecule has 0 amide bonds. The molecule has 0 spiro atoms. The van der Waals surface area contributed by atoms with Gasteiger partial charge in [0.25, 0.3) is 0 Å². The summed E-state index contributed by atoms with van der Waals surface area (Å²) in [6.07, 6.45) is 12.4. The summed E-state index contributed by atoms with van der Waals surface area (Å²) >= 11 is 0. The van der Waals surface area contributed by atoms with Crippen LogP contribution in [0.15, 0.2) is 91.4 Å². The molecule has 1 aliphatic heterocycles. The predicted octanol–water partition coefficient (Wildman–Crippen LogP) is 7.71. The molecule has 1 aliphatic carbocycles. The number of para-hydroxylation sites is 1. The summed E-state index contributed by atoms with van der Waals surface area (Å²) in [5, 5.41) is 19.6. The van der Waals surface area contributed by atoms with E-state index < -0.39 is 0 Å². The second kappa shape index (κ2) is 17.2. The molecule has 4 aromatic rings. The maximum absolute atomic E-state index is 8.56. The number of aromatic nitrogens is 1. The number of hydrogen-bond donors (Lipinski definition) is 2. The summed E-state index contributed by atoms with van der Waals surface area (Å²) in [6.45, 7) is 5.32. The number of hydrogen-bond acceptors (Lipinski definition) is 5. The van der Waals surface area contributed by atoms with Gasteiger partial charge in [0, 0.05) is 6.20 Å². The minimum atomic E-state index is -0.375. The molecule has 5 nitrogen and oxygen atoms in total. The van der Waals surface area contributed by atoms with E-state index in [4.69, 9.17) is 10.2 Å². The zero-order valence-corrected chi connectivity index (χ0v) is 27.2. The molecule has 6 heteroatoms. The van der Waals surface area contributed by atoms with E-state index in [1.54, 1.807) is 13.8 Å².